The zero-order chi connectivity index (χ0) is 24.6. The second-order valence-electron chi connectivity index (χ2n) is 8.39. The van der Waals surface area contributed by atoms with E-state index in [2.05, 4.69) is 4.90 Å². The van der Waals surface area contributed by atoms with Crippen molar-refractivity contribution in [1.29, 1.82) is 0 Å². The van der Waals surface area contributed by atoms with E-state index in [-0.39, 0.29) is 5.91 Å². The van der Waals surface area contributed by atoms with Crippen molar-refractivity contribution >= 4 is 5.91 Å². The van der Waals surface area contributed by atoms with Gasteiger partial charge in [-0.25, -0.2) is 0 Å². The summed E-state index contributed by atoms with van der Waals surface area (Å²) in [4.78, 5) is 17.4. The number of hydrogen-bond donors (Lipinski definition) is 0. The topological polar surface area (TPSA) is 60.5 Å². The summed E-state index contributed by atoms with van der Waals surface area (Å²) >= 11 is 0. The van der Waals surface area contributed by atoms with Gasteiger partial charge in [-0.15, -0.1) is 0 Å². The maximum atomic E-state index is 13.2. The first-order valence-electron chi connectivity index (χ1n) is 11.7. The van der Waals surface area contributed by atoms with Crippen molar-refractivity contribution < 1.29 is 23.7 Å². The number of rotatable bonds is 9. The lowest BCUT2D eigenvalue weighted by atomic mass is 10.1. The van der Waals surface area contributed by atoms with Crippen LogP contribution in [0.3, 0.4) is 0 Å². The second-order valence-corrected chi connectivity index (χ2v) is 8.39. The first kappa shape index (κ1) is 24.4. The Kier molecular flexibility index (Phi) is 8.11. The van der Waals surface area contributed by atoms with E-state index in [1.807, 2.05) is 53.4 Å². The summed E-state index contributed by atoms with van der Waals surface area (Å²) < 4.78 is 22.3. The highest BCUT2D eigenvalue weighted by Crippen LogP contribution is 2.30. The van der Waals surface area contributed by atoms with E-state index in [9.17, 15) is 4.79 Å². The van der Waals surface area contributed by atoms with Crippen LogP contribution < -0.4 is 18.9 Å². The maximum Gasteiger partial charge on any atom is 0.254 e. The average Bonchev–Trinajstić information content (AvgIpc) is 2.92. The van der Waals surface area contributed by atoms with Gasteiger partial charge < -0.3 is 23.8 Å². The van der Waals surface area contributed by atoms with Gasteiger partial charge in [-0.2, -0.15) is 0 Å². The number of carbonyl (C=O) groups is 1. The van der Waals surface area contributed by atoms with Crippen molar-refractivity contribution in [3.8, 4) is 23.0 Å². The lowest BCUT2D eigenvalue weighted by molar-refractivity contribution is 0.0627. The van der Waals surface area contributed by atoms with E-state index in [0.29, 0.717) is 36.8 Å². The summed E-state index contributed by atoms with van der Waals surface area (Å²) in [6.45, 7) is 4.04. The van der Waals surface area contributed by atoms with Gasteiger partial charge in [0.15, 0.2) is 11.5 Å². The van der Waals surface area contributed by atoms with E-state index in [4.69, 9.17) is 18.9 Å². The van der Waals surface area contributed by atoms with E-state index in [1.165, 1.54) is 0 Å². The third-order valence-electron chi connectivity index (χ3n) is 6.19. The van der Waals surface area contributed by atoms with Crippen LogP contribution in [-0.4, -0.2) is 63.2 Å². The molecule has 4 rings (SSSR count). The number of ether oxygens (including phenoxy) is 4. The normalized spacial score (nSPS) is 13.9. The predicted molar refractivity (Wildman–Crippen MR) is 134 cm³/mol. The number of methoxy groups -OCH3 is 3. The van der Waals surface area contributed by atoms with Crippen molar-refractivity contribution in [1.82, 2.24) is 9.80 Å². The highest BCUT2D eigenvalue weighted by Gasteiger charge is 2.24. The Morgan fingerprint density at radius 1 is 0.771 bits per heavy atom. The van der Waals surface area contributed by atoms with Crippen LogP contribution in [0.5, 0.6) is 23.0 Å². The fourth-order valence-corrected chi connectivity index (χ4v) is 4.19. The molecule has 1 amide bonds. The molecule has 0 aromatic heterocycles. The molecule has 0 bridgehead atoms. The molecule has 0 saturated carbocycles. The van der Waals surface area contributed by atoms with Gasteiger partial charge in [0.2, 0.25) is 0 Å². The number of piperazine rings is 1. The average molecular weight is 477 g/mol. The van der Waals surface area contributed by atoms with Crippen LogP contribution in [0.4, 0.5) is 0 Å². The molecule has 1 heterocycles. The fourth-order valence-electron chi connectivity index (χ4n) is 4.19. The minimum absolute atomic E-state index is 0.00322. The van der Waals surface area contributed by atoms with Gasteiger partial charge in [-0.05, 0) is 42.0 Å². The molecule has 1 aliphatic rings. The summed E-state index contributed by atoms with van der Waals surface area (Å²) in [7, 11) is 4.92. The first-order valence-corrected chi connectivity index (χ1v) is 11.7. The van der Waals surface area contributed by atoms with E-state index < -0.39 is 0 Å². The summed E-state index contributed by atoms with van der Waals surface area (Å²) in [6.07, 6.45) is 0. The van der Waals surface area contributed by atoms with Crippen molar-refractivity contribution in [2.45, 2.75) is 13.2 Å². The molecule has 0 aliphatic carbocycles. The Balaban J connectivity index is 1.36. The highest BCUT2D eigenvalue weighted by molar-refractivity contribution is 5.95. The van der Waals surface area contributed by atoms with Crippen molar-refractivity contribution in [3.05, 3.63) is 83.4 Å². The highest BCUT2D eigenvalue weighted by atomic mass is 16.5. The van der Waals surface area contributed by atoms with Crippen LogP contribution in [0.25, 0.3) is 0 Å². The van der Waals surface area contributed by atoms with Gasteiger partial charge >= 0.3 is 0 Å². The predicted octanol–water partition coefficient (Wildman–Crippen LogP) is 4.25. The van der Waals surface area contributed by atoms with Crippen molar-refractivity contribution in [2.75, 3.05) is 47.5 Å². The van der Waals surface area contributed by atoms with E-state index in [0.717, 1.165) is 42.3 Å². The van der Waals surface area contributed by atoms with E-state index >= 15 is 0 Å². The summed E-state index contributed by atoms with van der Waals surface area (Å²) in [6, 6.07) is 21.1. The van der Waals surface area contributed by atoms with Gasteiger partial charge in [0.25, 0.3) is 5.91 Å². The minimum atomic E-state index is -0.00322. The molecule has 3 aromatic rings. The summed E-state index contributed by atoms with van der Waals surface area (Å²) in [5, 5.41) is 0. The van der Waals surface area contributed by atoms with Gasteiger partial charge in [-0.3, -0.25) is 9.69 Å². The maximum absolute atomic E-state index is 13.2. The number of carbonyl (C=O) groups excluding carboxylic acids is 1. The molecule has 35 heavy (non-hydrogen) atoms. The molecule has 1 aliphatic heterocycles. The summed E-state index contributed by atoms with van der Waals surface area (Å²) in [5.74, 6) is 2.81. The van der Waals surface area contributed by atoms with Gasteiger partial charge in [0, 0.05) is 43.9 Å². The molecule has 184 valence electrons. The molecule has 0 radical (unpaired) electrons. The third kappa shape index (κ3) is 6.05. The van der Waals surface area contributed by atoms with Gasteiger partial charge in [-0.1, -0.05) is 30.3 Å². The molecule has 1 saturated heterocycles. The molecule has 0 spiro atoms. The largest absolute Gasteiger partial charge is 0.497 e. The second kappa shape index (κ2) is 11.6. The molecule has 1 fully saturated rings. The SMILES string of the molecule is COc1ccc(OC)c(CN2CCN(C(=O)c3ccc(OCc4ccccc4)c(OC)c3)CC2)c1. The lowest BCUT2D eigenvalue weighted by Gasteiger charge is -2.35. The van der Waals surface area contributed by atoms with Gasteiger partial charge in [0.05, 0.1) is 21.3 Å². The van der Waals surface area contributed by atoms with Crippen molar-refractivity contribution in [2.24, 2.45) is 0 Å². The van der Waals surface area contributed by atoms with Crippen LogP contribution in [0, 0.1) is 0 Å². The first-order chi connectivity index (χ1) is 17.1. The van der Waals surface area contributed by atoms with E-state index in [1.54, 1.807) is 39.5 Å². The molecule has 3 aromatic carbocycles. The van der Waals surface area contributed by atoms with Crippen LogP contribution in [0.15, 0.2) is 66.7 Å². The number of amides is 1. The van der Waals surface area contributed by atoms with Crippen LogP contribution in [0.1, 0.15) is 21.5 Å². The van der Waals surface area contributed by atoms with Gasteiger partial charge in [0.1, 0.15) is 18.1 Å². The smallest absolute Gasteiger partial charge is 0.254 e. The van der Waals surface area contributed by atoms with Crippen molar-refractivity contribution in [3.63, 3.8) is 0 Å². The quantitative estimate of drug-likeness (QED) is 0.460. The zero-order valence-corrected chi connectivity index (χ0v) is 20.5. The van der Waals surface area contributed by atoms with Crippen LogP contribution >= 0.6 is 0 Å². The monoisotopic (exact) mass is 476 g/mol. The Labute approximate surface area is 206 Å². The number of nitrogens with zero attached hydrogens (tertiary/aromatic N) is 2. The standard InChI is InChI=1S/C28H32N2O5/c1-32-24-10-12-25(33-2)23(17-24)19-29-13-15-30(16-14-29)28(31)22-9-11-26(27(18-22)34-3)35-20-21-7-5-4-6-8-21/h4-12,17-18H,13-16,19-20H2,1-3H3. The molecule has 7 heteroatoms. The minimum Gasteiger partial charge on any atom is -0.497 e. The molecular weight excluding hydrogens is 444 g/mol. The van der Waals surface area contributed by atoms with Crippen LogP contribution in [-0.2, 0) is 13.2 Å². The Bertz CT molecular complexity index is 1130. The van der Waals surface area contributed by atoms with Crippen LogP contribution in [0.2, 0.25) is 0 Å². The zero-order valence-electron chi connectivity index (χ0n) is 20.5. The molecule has 7 nitrogen and oxygen atoms in total. The number of hydrogen-bond acceptors (Lipinski definition) is 6. The molecular formula is C28H32N2O5. The molecule has 0 unspecified atom stereocenters. The molecule has 0 N–H and O–H groups in total. The molecule has 0 atom stereocenters. The Morgan fingerprint density at radius 2 is 1.49 bits per heavy atom. The lowest BCUT2D eigenvalue weighted by Crippen LogP contribution is -2.48. The summed E-state index contributed by atoms with van der Waals surface area (Å²) in [5.41, 5.74) is 2.73. The Hall–Kier alpha value is -3.71. The Morgan fingerprint density at radius 3 is 2.17 bits per heavy atom. The third-order valence-corrected chi connectivity index (χ3v) is 6.19. The number of benzene rings is 3. The fraction of sp³-hybridized carbons (Fsp3) is 0.321.